The summed E-state index contributed by atoms with van der Waals surface area (Å²) in [4.78, 5) is 7.89. The highest BCUT2D eigenvalue weighted by Gasteiger charge is 2.06. The Hall–Kier alpha value is -1.13. The van der Waals surface area contributed by atoms with Gasteiger partial charge in [0.25, 0.3) is 0 Å². The number of benzene rings is 1. The molecule has 0 aliphatic heterocycles. The number of rotatable bonds is 2. The lowest BCUT2D eigenvalue weighted by molar-refractivity contribution is 0.454. The van der Waals surface area contributed by atoms with Crippen LogP contribution >= 0.6 is 27.5 Å². The van der Waals surface area contributed by atoms with E-state index in [1.165, 1.54) is 6.33 Å². The first-order valence-electron chi connectivity index (χ1n) is 4.56. The second-order valence-corrected chi connectivity index (χ2v) is 4.48. The molecule has 2 rings (SSSR count). The van der Waals surface area contributed by atoms with Crippen molar-refractivity contribution < 1.29 is 4.74 Å². The first-order valence-corrected chi connectivity index (χ1v) is 5.73. The number of hydrogen-bond acceptors (Lipinski definition) is 3. The Morgan fingerprint density at radius 1 is 1.38 bits per heavy atom. The molecule has 0 spiro atoms. The molecule has 0 fully saturated rings. The van der Waals surface area contributed by atoms with Crippen LogP contribution in [0.5, 0.6) is 11.6 Å². The molecule has 3 nitrogen and oxygen atoms in total. The lowest BCUT2D eigenvalue weighted by Gasteiger charge is -2.08. The minimum Gasteiger partial charge on any atom is -0.437 e. The van der Waals surface area contributed by atoms with E-state index in [-0.39, 0.29) is 0 Å². The molecule has 0 aliphatic carbocycles. The Kier molecular flexibility index (Phi) is 3.41. The highest BCUT2D eigenvalue weighted by atomic mass is 79.9. The van der Waals surface area contributed by atoms with Crippen LogP contribution in [0.25, 0.3) is 0 Å². The summed E-state index contributed by atoms with van der Waals surface area (Å²) in [5, 5.41) is 0.687. The van der Waals surface area contributed by atoms with Gasteiger partial charge in [0.1, 0.15) is 12.1 Å². The van der Waals surface area contributed by atoms with E-state index in [9.17, 15) is 0 Å². The zero-order chi connectivity index (χ0) is 11.5. The maximum absolute atomic E-state index is 5.86. The van der Waals surface area contributed by atoms with Crippen molar-refractivity contribution in [2.45, 2.75) is 6.92 Å². The van der Waals surface area contributed by atoms with Gasteiger partial charge in [-0.2, -0.15) is 0 Å². The molecule has 82 valence electrons. The van der Waals surface area contributed by atoms with Gasteiger partial charge in [0.05, 0.1) is 4.47 Å². The van der Waals surface area contributed by atoms with Crippen molar-refractivity contribution in [3.05, 3.63) is 45.8 Å². The van der Waals surface area contributed by atoms with Crippen LogP contribution in [0.1, 0.15) is 5.56 Å². The standard InChI is InChI=1S/C11H8BrClN2O/c1-7-4-8(13)2-3-10(7)16-11-9(12)5-14-6-15-11/h2-6H,1H3. The molecular formula is C11H8BrClN2O. The van der Waals surface area contributed by atoms with Crippen molar-refractivity contribution in [3.8, 4) is 11.6 Å². The van der Waals surface area contributed by atoms with Gasteiger partial charge in [-0.1, -0.05) is 11.6 Å². The number of ether oxygens (including phenoxy) is 1. The van der Waals surface area contributed by atoms with E-state index in [0.29, 0.717) is 15.4 Å². The molecule has 0 radical (unpaired) electrons. The van der Waals surface area contributed by atoms with Gasteiger partial charge in [-0.15, -0.1) is 0 Å². The van der Waals surface area contributed by atoms with E-state index in [2.05, 4.69) is 25.9 Å². The second kappa shape index (κ2) is 4.80. The summed E-state index contributed by atoms with van der Waals surface area (Å²) in [6.45, 7) is 1.93. The minimum atomic E-state index is 0.487. The molecule has 16 heavy (non-hydrogen) atoms. The summed E-state index contributed by atoms with van der Waals surface area (Å²) in [5.74, 6) is 1.21. The summed E-state index contributed by atoms with van der Waals surface area (Å²) in [5.41, 5.74) is 0.956. The van der Waals surface area contributed by atoms with Gasteiger partial charge in [0, 0.05) is 11.2 Å². The second-order valence-electron chi connectivity index (χ2n) is 3.19. The van der Waals surface area contributed by atoms with Crippen molar-refractivity contribution >= 4 is 27.5 Å². The van der Waals surface area contributed by atoms with E-state index in [0.717, 1.165) is 11.3 Å². The highest BCUT2D eigenvalue weighted by molar-refractivity contribution is 9.10. The first kappa shape index (κ1) is 11.4. The topological polar surface area (TPSA) is 35.0 Å². The van der Waals surface area contributed by atoms with Crippen LogP contribution in [0.4, 0.5) is 0 Å². The largest absolute Gasteiger partial charge is 0.437 e. The van der Waals surface area contributed by atoms with Gasteiger partial charge < -0.3 is 4.74 Å². The monoisotopic (exact) mass is 298 g/mol. The third kappa shape index (κ3) is 2.51. The molecule has 1 aromatic heterocycles. The van der Waals surface area contributed by atoms with Crippen molar-refractivity contribution in [3.63, 3.8) is 0 Å². The summed E-state index contributed by atoms with van der Waals surface area (Å²) in [6.07, 6.45) is 3.07. The van der Waals surface area contributed by atoms with Crippen molar-refractivity contribution in [1.29, 1.82) is 0 Å². The van der Waals surface area contributed by atoms with Crippen LogP contribution in [-0.4, -0.2) is 9.97 Å². The molecule has 2 aromatic rings. The van der Waals surface area contributed by atoms with Gasteiger partial charge in [-0.25, -0.2) is 9.97 Å². The quantitative estimate of drug-likeness (QED) is 0.841. The van der Waals surface area contributed by atoms with Crippen LogP contribution < -0.4 is 4.74 Å². The fourth-order valence-corrected chi connectivity index (χ4v) is 1.74. The predicted molar refractivity (Wildman–Crippen MR) is 66.0 cm³/mol. The summed E-state index contributed by atoms with van der Waals surface area (Å²) >= 11 is 9.18. The molecule has 0 N–H and O–H groups in total. The molecule has 0 amide bonds. The van der Waals surface area contributed by atoms with E-state index in [1.807, 2.05) is 19.1 Å². The van der Waals surface area contributed by atoms with Crippen molar-refractivity contribution in [2.75, 3.05) is 0 Å². The maximum atomic E-state index is 5.86. The predicted octanol–water partition coefficient (Wildman–Crippen LogP) is 3.99. The summed E-state index contributed by atoms with van der Waals surface area (Å²) in [7, 11) is 0. The Balaban J connectivity index is 2.31. The van der Waals surface area contributed by atoms with Crippen LogP contribution in [0.15, 0.2) is 35.2 Å². The Morgan fingerprint density at radius 3 is 2.88 bits per heavy atom. The van der Waals surface area contributed by atoms with E-state index >= 15 is 0 Å². The third-order valence-electron chi connectivity index (χ3n) is 1.98. The van der Waals surface area contributed by atoms with Crippen LogP contribution in [-0.2, 0) is 0 Å². The Bertz CT molecular complexity index is 519. The number of aryl methyl sites for hydroxylation is 1. The summed E-state index contributed by atoms with van der Waals surface area (Å²) < 4.78 is 6.35. The number of nitrogens with zero attached hydrogens (tertiary/aromatic N) is 2. The summed E-state index contributed by atoms with van der Waals surface area (Å²) in [6, 6.07) is 5.43. The van der Waals surface area contributed by atoms with Crippen molar-refractivity contribution in [2.24, 2.45) is 0 Å². The normalized spacial score (nSPS) is 10.2. The van der Waals surface area contributed by atoms with Gasteiger partial charge >= 0.3 is 0 Å². The van der Waals surface area contributed by atoms with Crippen LogP contribution in [0.3, 0.4) is 0 Å². The van der Waals surface area contributed by atoms with Crippen molar-refractivity contribution in [1.82, 2.24) is 9.97 Å². The lowest BCUT2D eigenvalue weighted by atomic mass is 10.2. The van der Waals surface area contributed by atoms with Crippen LogP contribution in [0, 0.1) is 6.92 Å². The van der Waals surface area contributed by atoms with Gasteiger partial charge in [0.15, 0.2) is 0 Å². The molecule has 0 atom stereocenters. The molecule has 0 unspecified atom stereocenters. The average molecular weight is 300 g/mol. The molecule has 0 saturated carbocycles. The number of hydrogen-bond donors (Lipinski definition) is 0. The number of aromatic nitrogens is 2. The van der Waals surface area contributed by atoms with E-state index in [4.69, 9.17) is 16.3 Å². The zero-order valence-electron chi connectivity index (χ0n) is 8.45. The highest BCUT2D eigenvalue weighted by Crippen LogP contribution is 2.29. The molecule has 5 heteroatoms. The van der Waals surface area contributed by atoms with E-state index < -0.39 is 0 Å². The number of halogens is 2. The van der Waals surface area contributed by atoms with E-state index in [1.54, 1.807) is 12.3 Å². The fraction of sp³-hybridized carbons (Fsp3) is 0.0909. The molecule has 1 heterocycles. The zero-order valence-corrected chi connectivity index (χ0v) is 10.8. The molecule has 1 aromatic carbocycles. The molecular weight excluding hydrogens is 291 g/mol. The lowest BCUT2D eigenvalue weighted by Crippen LogP contribution is -1.91. The minimum absolute atomic E-state index is 0.487. The van der Waals surface area contributed by atoms with Crippen LogP contribution in [0.2, 0.25) is 5.02 Å². The van der Waals surface area contributed by atoms with Gasteiger partial charge in [0.2, 0.25) is 5.88 Å². The first-order chi connectivity index (χ1) is 7.66. The Morgan fingerprint density at radius 2 is 2.19 bits per heavy atom. The average Bonchev–Trinajstić information content (AvgIpc) is 2.25. The Labute approximate surface area is 107 Å². The molecule has 0 aliphatic rings. The smallest absolute Gasteiger partial charge is 0.236 e. The molecule has 0 saturated heterocycles. The van der Waals surface area contributed by atoms with Gasteiger partial charge in [-0.3, -0.25) is 0 Å². The third-order valence-corrected chi connectivity index (χ3v) is 2.76. The fourth-order valence-electron chi connectivity index (χ4n) is 1.21. The van der Waals surface area contributed by atoms with Gasteiger partial charge in [-0.05, 0) is 46.6 Å². The maximum Gasteiger partial charge on any atom is 0.236 e. The SMILES string of the molecule is Cc1cc(Cl)ccc1Oc1ncncc1Br. The molecule has 0 bridgehead atoms.